The van der Waals surface area contributed by atoms with Gasteiger partial charge in [0.15, 0.2) is 0 Å². The van der Waals surface area contributed by atoms with Crippen LogP contribution in [0.3, 0.4) is 0 Å². The predicted octanol–water partition coefficient (Wildman–Crippen LogP) is 2.13. The maximum atomic E-state index is 13.3. The molecule has 1 atom stereocenters. The van der Waals surface area contributed by atoms with Gasteiger partial charge < -0.3 is 25.0 Å². The van der Waals surface area contributed by atoms with Gasteiger partial charge in [0.1, 0.15) is 12.6 Å². The van der Waals surface area contributed by atoms with Crippen molar-refractivity contribution in [2.75, 3.05) is 32.8 Å². The van der Waals surface area contributed by atoms with E-state index in [1.165, 1.54) is 0 Å². The van der Waals surface area contributed by atoms with Crippen LogP contribution < -0.4 is 5.32 Å². The predicted molar refractivity (Wildman–Crippen MR) is 116 cm³/mol. The number of piperidine rings is 1. The third-order valence-electron chi connectivity index (χ3n) is 6.44. The summed E-state index contributed by atoms with van der Waals surface area (Å²) in [6.45, 7) is 6.17. The molecule has 170 valence electrons. The van der Waals surface area contributed by atoms with Crippen molar-refractivity contribution in [1.29, 1.82) is 0 Å². The van der Waals surface area contributed by atoms with E-state index in [-0.39, 0.29) is 24.5 Å². The number of aryl methyl sites for hydroxylation is 1. The Labute approximate surface area is 183 Å². The van der Waals surface area contributed by atoms with E-state index in [1.54, 1.807) is 4.90 Å². The highest BCUT2D eigenvalue weighted by Gasteiger charge is 2.40. The fraction of sp³-hybridized carbons (Fsp3) is 0.609. The fourth-order valence-electron chi connectivity index (χ4n) is 4.47. The second-order valence-electron chi connectivity index (χ2n) is 9.05. The summed E-state index contributed by atoms with van der Waals surface area (Å²) in [6.07, 6.45) is 1.63. The van der Waals surface area contributed by atoms with E-state index in [1.807, 2.05) is 49.1 Å². The van der Waals surface area contributed by atoms with Crippen molar-refractivity contribution in [3.05, 3.63) is 35.9 Å². The first kappa shape index (κ1) is 23.1. The highest BCUT2D eigenvalue weighted by atomic mass is 16.5. The molecular weight excluding hydrogens is 398 g/mol. The van der Waals surface area contributed by atoms with Crippen LogP contribution in [-0.2, 0) is 20.7 Å². The molecule has 2 N–H and O–H groups in total. The molecule has 2 aliphatic heterocycles. The van der Waals surface area contributed by atoms with Gasteiger partial charge in [-0.3, -0.25) is 9.59 Å². The molecule has 31 heavy (non-hydrogen) atoms. The summed E-state index contributed by atoms with van der Waals surface area (Å²) in [5.41, 5.74) is 0.607. The van der Waals surface area contributed by atoms with E-state index in [0.29, 0.717) is 45.5 Å². The van der Waals surface area contributed by atoms with E-state index in [0.717, 1.165) is 12.0 Å². The Hall–Kier alpha value is -2.61. The van der Waals surface area contributed by atoms with Crippen molar-refractivity contribution in [2.45, 2.75) is 51.6 Å². The first-order valence-electron chi connectivity index (χ1n) is 11.0. The Morgan fingerprint density at radius 2 is 1.87 bits per heavy atom. The standard InChI is InChI=1S/C23H33N3O5/c1-23(2,11-8-17-6-4-3-5-7-17)20(24-22(29)30)21(28)25-12-9-18(10-13-25)26-14-15-31-16-19(26)27/h3-7,18,20,24H,8-16H2,1-2H3,(H,29,30)/t20-/m0/s1. The molecule has 8 heteroatoms. The minimum atomic E-state index is -1.19. The summed E-state index contributed by atoms with van der Waals surface area (Å²) in [7, 11) is 0. The van der Waals surface area contributed by atoms with Crippen LogP contribution in [0.2, 0.25) is 0 Å². The largest absolute Gasteiger partial charge is 0.465 e. The number of morpholine rings is 1. The molecule has 2 fully saturated rings. The molecule has 3 rings (SSSR count). The Morgan fingerprint density at radius 1 is 1.19 bits per heavy atom. The molecular formula is C23H33N3O5. The van der Waals surface area contributed by atoms with Gasteiger partial charge in [0.05, 0.1) is 6.61 Å². The molecule has 2 saturated heterocycles. The number of likely N-dealkylation sites (tertiary alicyclic amines) is 1. The quantitative estimate of drug-likeness (QED) is 0.689. The second-order valence-corrected chi connectivity index (χ2v) is 9.05. The highest BCUT2D eigenvalue weighted by molar-refractivity contribution is 5.86. The third kappa shape index (κ3) is 5.97. The number of hydrogen-bond acceptors (Lipinski definition) is 4. The van der Waals surface area contributed by atoms with Gasteiger partial charge >= 0.3 is 6.09 Å². The molecule has 0 spiro atoms. The van der Waals surface area contributed by atoms with Gasteiger partial charge in [0.2, 0.25) is 11.8 Å². The average molecular weight is 432 g/mol. The lowest BCUT2D eigenvalue weighted by molar-refractivity contribution is -0.148. The van der Waals surface area contributed by atoms with Gasteiger partial charge in [0.25, 0.3) is 0 Å². The Kier molecular flexibility index (Phi) is 7.54. The van der Waals surface area contributed by atoms with E-state index in [2.05, 4.69) is 5.32 Å². The summed E-state index contributed by atoms with van der Waals surface area (Å²) in [4.78, 5) is 40.5. The molecule has 1 aromatic carbocycles. The number of benzene rings is 1. The normalized spacial score (nSPS) is 19.2. The van der Waals surface area contributed by atoms with Crippen LogP contribution in [-0.4, -0.2) is 77.7 Å². The van der Waals surface area contributed by atoms with Crippen molar-refractivity contribution in [2.24, 2.45) is 5.41 Å². The monoisotopic (exact) mass is 431 g/mol. The maximum absolute atomic E-state index is 13.3. The lowest BCUT2D eigenvalue weighted by Crippen LogP contribution is -2.58. The minimum Gasteiger partial charge on any atom is -0.465 e. The number of nitrogens with zero attached hydrogens (tertiary/aromatic N) is 2. The summed E-state index contributed by atoms with van der Waals surface area (Å²) in [6, 6.07) is 9.27. The SMILES string of the molecule is CC(C)(CCc1ccccc1)[C@@H](NC(=O)O)C(=O)N1CCC(N2CCOCC2=O)CC1. The zero-order chi connectivity index (χ0) is 22.4. The molecule has 3 amide bonds. The number of rotatable bonds is 7. The molecule has 0 bridgehead atoms. The summed E-state index contributed by atoms with van der Waals surface area (Å²) in [5, 5.41) is 11.9. The molecule has 1 aromatic rings. The van der Waals surface area contributed by atoms with Crippen molar-refractivity contribution in [1.82, 2.24) is 15.1 Å². The van der Waals surface area contributed by atoms with Crippen LogP contribution in [0, 0.1) is 5.41 Å². The van der Waals surface area contributed by atoms with Gasteiger partial charge in [-0.15, -0.1) is 0 Å². The molecule has 2 heterocycles. The van der Waals surface area contributed by atoms with Crippen LogP contribution in [0.5, 0.6) is 0 Å². The van der Waals surface area contributed by atoms with E-state index in [9.17, 15) is 19.5 Å². The van der Waals surface area contributed by atoms with Crippen LogP contribution in [0.15, 0.2) is 30.3 Å². The van der Waals surface area contributed by atoms with Crippen molar-refractivity contribution in [3.63, 3.8) is 0 Å². The van der Waals surface area contributed by atoms with Gasteiger partial charge in [-0.1, -0.05) is 44.2 Å². The molecule has 8 nitrogen and oxygen atoms in total. The average Bonchev–Trinajstić information content (AvgIpc) is 2.77. The van der Waals surface area contributed by atoms with Crippen LogP contribution in [0.4, 0.5) is 4.79 Å². The number of carbonyl (C=O) groups is 3. The molecule has 2 aliphatic rings. The van der Waals surface area contributed by atoms with Crippen molar-refractivity contribution >= 4 is 17.9 Å². The van der Waals surface area contributed by atoms with Crippen molar-refractivity contribution < 1.29 is 24.2 Å². The molecule has 0 saturated carbocycles. The number of ether oxygens (including phenoxy) is 1. The lowest BCUT2D eigenvalue weighted by Gasteiger charge is -2.42. The Bertz CT molecular complexity index is 775. The van der Waals surface area contributed by atoms with Gasteiger partial charge in [-0.2, -0.15) is 0 Å². The fourth-order valence-corrected chi connectivity index (χ4v) is 4.47. The molecule has 0 unspecified atom stereocenters. The van der Waals surface area contributed by atoms with E-state index >= 15 is 0 Å². The van der Waals surface area contributed by atoms with E-state index < -0.39 is 17.6 Å². The highest BCUT2D eigenvalue weighted by Crippen LogP contribution is 2.30. The summed E-state index contributed by atoms with van der Waals surface area (Å²) < 4.78 is 5.20. The summed E-state index contributed by atoms with van der Waals surface area (Å²) in [5.74, 6) is -0.185. The van der Waals surface area contributed by atoms with Gasteiger partial charge in [0, 0.05) is 25.7 Å². The first-order chi connectivity index (χ1) is 14.8. The minimum absolute atomic E-state index is 0.00323. The number of nitrogens with one attached hydrogen (secondary N) is 1. The van der Waals surface area contributed by atoms with E-state index in [4.69, 9.17) is 4.74 Å². The molecule has 0 aliphatic carbocycles. The number of carbonyl (C=O) groups excluding carboxylic acids is 2. The second kappa shape index (κ2) is 10.1. The topological polar surface area (TPSA) is 99.2 Å². The van der Waals surface area contributed by atoms with Crippen LogP contribution >= 0.6 is 0 Å². The maximum Gasteiger partial charge on any atom is 0.405 e. The van der Waals surface area contributed by atoms with Gasteiger partial charge in [-0.25, -0.2) is 4.79 Å². The Balaban J connectivity index is 1.62. The number of hydrogen-bond donors (Lipinski definition) is 2. The number of amides is 3. The smallest absolute Gasteiger partial charge is 0.405 e. The molecule has 0 aromatic heterocycles. The zero-order valence-electron chi connectivity index (χ0n) is 18.4. The first-order valence-corrected chi connectivity index (χ1v) is 11.0. The Morgan fingerprint density at radius 3 is 2.48 bits per heavy atom. The molecule has 0 radical (unpaired) electrons. The van der Waals surface area contributed by atoms with Crippen LogP contribution in [0.1, 0.15) is 38.7 Å². The summed E-state index contributed by atoms with van der Waals surface area (Å²) >= 11 is 0. The zero-order valence-corrected chi connectivity index (χ0v) is 18.4. The van der Waals surface area contributed by atoms with Crippen LogP contribution in [0.25, 0.3) is 0 Å². The number of carboxylic acid groups (broad SMARTS) is 1. The van der Waals surface area contributed by atoms with Gasteiger partial charge in [-0.05, 0) is 36.7 Å². The van der Waals surface area contributed by atoms with Crippen molar-refractivity contribution in [3.8, 4) is 0 Å². The third-order valence-corrected chi connectivity index (χ3v) is 6.44. The lowest BCUT2D eigenvalue weighted by atomic mass is 9.78.